The van der Waals surface area contributed by atoms with Crippen LogP contribution in [0.2, 0.25) is 0 Å². The van der Waals surface area contributed by atoms with Crippen molar-refractivity contribution in [1.82, 2.24) is 9.97 Å². The highest BCUT2D eigenvalue weighted by Gasteiger charge is 2.18. The van der Waals surface area contributed by atoms with E-state index in [4.69, 9.17) is 5.73 Å². The Bertz CT molecular complexity index is 352. The van der Waals surface area contributed by atoms with Crippen molar-refractivity contribution in [2.75, 3.05) is 37.0 Å². The zero-order chi connectivity index (χ0) is 11.5. The van der Waals surface area contributed by atoms with Gasteiger partial charge in [0.15, 0.2) is 0 Å². The molecule has 0 aromatic carbocycles. The van der Waals surface area contributed by atoms with Crippen molar-refractivity contribution in [3.8, 4) is 0 Å². The summed E-state index contributed by atoms with van der Waals surface area (Å²) in [4.78, 5) is 12.7. The van der Waals surface area contributed by atoms with Crippen LogP contribution in [-0.2, 0) is 0 Å². The zero-order valence-electron chi connectivity index (χ0n) is 9.93. The molecular weight excluding hydrogens is 202 g/mol. The summed E-state index contributed by atoms with van der Waals surface area (Å²) in [6, 6.07) is 2.28. The number of hydrogen-bond acceptors (Lipinski definition) is 5. The zero-order valence-corrected chi connectivity index (χ0v) is 9.93. The molecule has 1 saturated heterocycles. The molecule has 1 aliphatic heterocycles. The third-order valence-corrected chi connectivity index (χ3v) is 2.88. The van der Waals surface area contributed by atoms with E-state index in [0.717, 1.165) is 37.6 Å². The predicted octanol–water partition coefficient (Wildman–Crippen LogP) is 0.470. The maximum absolute atomic E-state index is 5.96. The number of anilines is 2. The highest BCUT2D eigenvalue weighted by Crippen LogP contribution is 2.19. The Morgan fingerprint density at radius 1 is 1.44 bits per heavy atom. The standard InChI is InChI=1S/C11H19N5/c1-15(2)10-6-11(14-8-13-10)16-5-3-4-9(12)7-16/h6,8-9H,3-5,7,12H2,1-2H3. The van der Waals surface area contributed by atoms with Crippen LogP contribution in [0.3, 0.4) is 0 Å². The number of nitrogens with two attached hydrogens (primary N) is 1. The van der Waals surface area contributed by atoms with E-state index in [0.29, 0.717) is 0 Å². The van der Waals surface area contributed by atoms with Gasteiger partial charge in [-0.2, -0.15) is 0 Å². The smallest absolute Gasteiger partial charge is 0.134 e. The third kappa shape index (κ3) is 2.41. The Kier molecular flexibility index (Phi) is 3.24. The van der Waals surface area contributed by atoms with Gasteiger partial charge < -0.3 is 15.5 Å². The number of piperidine rings is 1. The summed E-state index contributed by atoms with van der Waals surface area (Å²) in [7, 11) is 3.96. The Balaban J connectivity index is 2.16. The van der Waals surface area contributed by atoms with Gasteiger partial charge in [0.25, 0.3) is 0 Å². The first-order valence-corrected chi connectivity index (χ1v) is 5.66. The number of aromatic nitrogens is 2. The molecule has 1 atom stereocenters. The van der Waals surface area contributed by atoms with Crippen molar-refractivity contribution >= 4 is 11.6 Å². The molecule has 5 nitrogen and oxygen atoms in total. The van der Waals surface area contributed by atoms with Gasteiger partial charge in [-0.05, 0) is 12.8 Å². The van der Waals surface area contributed by atoms with Crippen molar-refractivity contribution in [1.29, 1.82) is 0 Å². The summed E-state index contributed by atoms with van der Waals surface area (Å²) < 4.78 is 0. The van der Waals surface area contributed by atoms with Crippen molar-refractivity contribution < 1.29 is 0 Å². The lowest BCUT2D eigenvalue weighted by molar-refractivity contribution is 0.503. The van der Waals surface area contributed by atoms with E-state index < -0.39 is 0 Å². The summed E-state index contributed by atoms with van der Waals surface area (Å²) in [6.45, 7) is 1.93. The minimum Gasteiger partial charge on any atom is -0.363 e. The summed E-state index contributed by atoms with van der Waals surface area (Å²) in [5, 5.41) is 0. The molecule has 0 radical (unpaired) electrons. The molecule has 1 aromatic rings. The van der Waals surface area contributed by atoms with Gasteiger partial charge in [0.05, 0.1) is 0 Å². The summed E-state index contributed by atoms with van der Waals surface area (Å²) in [5.41, 5.74) is 5.96. The van der Waals surface area contributed by atoms with Crippen LogP contribution in [0.1, 0.15) is 12.8 Å². The fourth-order valence-corrected chi connectivity index (χ4v) is 1.97. The molecule has 2 rings (SSSR count). The second kappa shape index (κ2) is 4.65. The number of nitrogens with zero attached hydrogens (tertiary/aromatic N) is 4. The molecule has 1 fully saturated rings. The van der Waals surface area contributed by atoms with Crippen LogP contribution < -0.4 is 15.5 Å². The Morgan fingerprint density at radius 3 is 2.94 bits per heavy atom. The maximum atomic E-state index is 5.96. The molecule has 0 saturated carbocycles. The molecule has 0 spiro atoms. The van der Waals surface area contributed by atoms with Crippen LogP contribution in [0.15, 0.2) is 12.4 Å². The normalized spacial score (nSPS) is 20.9. The predicted molar refractivity (Wildman–Crippen MR) is 65.8 cm³/mol. The third-order valence-electron chi connectivity index (χ3n) is 2.88. The largest absolute Gasteiger partial charge is 0.363 e. The minimum atomic E-state index is 0.270. The van der Waals surface area contributed by atoms with Crippen molar-refractivity contribution in [3.63, 3.8) is 0 Å². The number of hydrogen-bond donors (Lipinski definition) is 1. The van der Waals surface area contributed by atoms with E-state index >= 15 is 0 Å². The minimum absolute atomic E-state index is 0.270. The van der Waals surface area contributed by atoms with E-state index in [2.05, 4.69) is 14.9 Å². The molecule has 1 aliphatic rings. The van der Waals surface area contributed by atoms with E-state index in [1.807, 2.05) is 25.1 Å². The van der Waals surface area contributed by atoms with Crippen LogP contribution in [0.5, 0.6) is 0 Å². The van der Waals surface area contributed by atoms with Gasteiger partial charge in [-0.25, -0.2) is 9.97 Å². The lowest BCUT2D eigenvalue weighted by Crippen LogP contribution is -2.43. The molecular formula is C11H19N5. The summed E-state index contributed by atoms with van der Waals surface area (Å²) in [6.07, 6.45) is 3.87. The molecule has 0 amide bonds. The topological polar surface area (TPSA) is 58.3 Å². The Morgan fingerprint density at radius 2 is 2.25 bits per heavy atom. The molecule has 16 heavy (non-hydrogen) atoms. The monoisotopic (exact) mass is 221 g/mol. The molecule has 1 unspecified atom stereocenters. The Labute approximate surface area is 96.3 Å². The quantitative estimate of drug-likeness (QED) is 0.786. The van der Waals surface area contributed by atoms with Gasteiger partial charge in [-0.3, -0.25) is 0 Å². The van der Waals surface area contributed by atoms with Crippen LogP contribution in [0.4, 0.5) is 11.6 Å². The van der Waals surface area contributed by atoms with E-state index in [1.165, 1.54) is 0 Å². The van der Waals surface area contributed by atoms with Gasteiger partial charge in [0.2, 0.25) is 0 Å². The van der Waals surface area contributed by atoms with Gasteiger partial charge >= 0.3 is 0 Å². The van der Waals surface area contributed by atoms with Gasteiger partial charge in [0.1, 0.15) is 18.0 Å². The Hall–Kier alpha value is -1.36. The molecule has 1 aromatic heterocycles. The second-order valence-electron chi connectivity index (χ2n) is 4.48. The van der Waals surface area contributed by atoms with E-state index in [-0.39, 0.29) is 6.04 Å². The average molecular weight is 221 g/mol. The highest BCUT2D eigenvalue weighted by molar-refractivity contribution is 5.49. The molecule has 2 N–H and O–H groups in total. The lowest BCUT2D eigenvalue weighted by Gasteiger charge is -2.31. The van der Waals surface area contributed by atoms with Crippen LogP contribution in [-0.4, -0.2) is 43.2 Å². The number of rotatable bonds is 2. The van der Waals surface area contributed by atoms with Crippen LogP contribution in [0.25, 0.3) is 0 Å². The molecule has 0 aliphatic carbocycles. The molecule has 88 valence electrons. The van der Waals surface area contributed by atoms with E-state index in [9.17, 15) is 0 Å². The molecule has 0 bridgehead atoms. The van der Waals surface area contributed by atoms with Crippen molar-refractivity contribution in [2.45, 2.75) is 18.9 Å². The average Bonchev–Trinajstić information content (AvgIpc) is 2.29. The first-order valence-electron chi connectivity index (χ1n) is 5.66. The van der Waals surface area contributed by atoms with E-state index in [1.54, 1.807) is 6.33 Å². The van der Waals surface area contributed by atoms with Gasteiger partial charge in [0, 0.05) is 39.3 Å². The van der Waals surface area contributed by atoms with Crippen molar-refractivity contribution in [2.24, 2.45) is 5.73 Å². The second-order valence-corrected chi connectivity index (χ2v) is 4.48. The first-order chi connectivity index (χ1) is 7.66. The van der Waals surface area contributed by atoms with Crippen molar-refractivity contribution in [3.05, 3.63) is 12.4 Å². The maximum Gasteiger partial charge on any atom is 0.134 e. The molecule has 5 heteroatoms. The van der Waals surface area contributed by atoms with Gasteiger partial charge in [-0.15, -0.1) is 0 Å². The first kappa shape index (κ1) is 11.1. The SMILES string of the molecule is CN(C)c1cc(N2CCCC(N)C2)ncn1. The summed E-state index contributed by atoms with van der Waals surface area (Å²) in [5.74, 6) is 1.91. The summed E-state index contributed by atoms with van der Waals surface area (Å²) >= 11 is 0. The molecule has 2 heterocycles. The van der Waals surface area contributed by atoms with Crippen LogP contribution in [0, 0.1) is 0 Å². The van der Waals surface area contributed by atoms with Gasteiger partial charge in [-0.1, -0.05) is 0 Å². The highest BCUT2D eigenvalue weighted by atomic mass is 15.2. The van der Waals surface area contributed by atoms with Crippen LogP contribution >= 0.6 is 0 Å². The fourth-order valence-electron chi connectivity index (χ4n) is 1.97. The lowest BCUT2D eigenvalue weighted by atomic mass is 10.1. The fraction of sp³-hybridized carbons (Fsp3) is 0.636.